The van der Waals surface area contributed by atoms with Crippen LogP contribution in [0.3, 0.4) is 0 Å². The molecule has 0 radical (unpaired) electrons. The molecule has 2 N–H and O–H groups in total. The van der Waals surface area contributed by atoms with E-state index in [4.69, 9.17) is 10.5 Å². The molecule has 0 bridgehead atoms. The number of rotatable bonds is 4. The van der Waals surface area contributed by atoms with Crippen LogP contribution in [-0.4, -0.2) is 16.7 Å². The van der Waals surface area contributed by atoms with Gasteiger partial charge in [0, 0.05) is 12.8 Å². The molecule has 0 unspecified atom stereocenters. The van der Waals surface area contributed by atoms with Crippen molar-refractivity contribution < 1.29 is 4.74 Å². The number of nitrogen functional groups attached to an aromatic ring is 1. The number of imidazole rings is 1. The van der Waals surface area contributed by atoms with Crippen LogP contribution in [0.5, 0.6) is 0 Å². The van der Waals surface area contributed by atoms with Gasteiger partial charge in [-0.1, -0.05) is 24.3 Å². The Hall–Kier alpha value is -1.81. The van der Waals surface area contributed by atoms with Crippen LogP contribution in [0.15, 0.2) is 30.5 Å². The Labute approximate surface area is 101 Å². The maximum absolute atomic E-state index is 5.81. The number of methoxy groups -OCH3 is 1. The molecule has 1 aromatic carbocycles. The van der Waals surface area contributed by atoms with Gasteiger partial charge >= 0.3 is 0 Å². The van der Waals surface area contributed by atoms with Gasteiger partial charge in [0.05, 0.1) is 19.3 Å². The summed E-state index contributed by atoms with van der Waals surface area (Å²) in [7, 11) is 1.70. The Morgan fingerprint density at radius 3 is 2.76 bits per heavy atom. The molecule has 0 aliphatic carbocycles. The molecule has 0 spiro atoms. The van der Waals surface area contributed by atoms with E-state index < -0.39 is 0 Å². The van der Waals surface area contributed by atoms with Crippen molar-refractivity contribution in [2.45, 2.75) is 20.1 Å². The standard InChI is InChI=1S/C13H17N3O/c1-10-7-15-13(14)16(10)8-11-4-3-5-12(6-11)9-17-2/h3-7H,8-9H2,1-2H3,(H2,14,15). The van der Waals surface area contributed by atoms with Gasteiger partial charge in [-0.05, 0) is 18.1 Å². The van der Waals surface area contributed by atoms with Crippen molar-refractivity contribution >= 4 is 5.95 Å². The lowest BCUT2D eigenvalue weighted by Gasteiger charge is -2.09. The number of nitrogens with zero attached hydrogens (tertiary/aromatic N) is 2. The molecule has 0 aliphatic heterocycles. The summed E-state index contributed by atoms with van der Waals surface area (Å²) >= 11 is 0. The lowest BCUT2D eigenvalue weighted by atomic mass is 10.1. The zero-order valence-electron chi connectivity index (χ0n) is 10.2. The number of anilines is 1. The summed E-state index contributed by atoms with van der Waals surface area (Å²) in [6.07, 6.45) is 1.79. The van der Waals surface area contributed by atoms with Gasteiger partial charge in [-0.2, -0.15) is 0 Å². The molecular formula is C13H17N3O. The van der Waals surface area contributed by atoms with Crippen LogP contribution in [0.1, 0.15) is 16.8 Å². The highest BCUT2D eigenvalue weighted by Crippen LogP contribution is 2.12. The minimum Gasteiger partial charge on any atom is -0.380 e. The molecule has 0 atom stereocenters. The maximum Gasteiger partial charge on any atom is 0.200 e. The van der Waals surface area contributed by atoms with Crippen molar-refractivity contribution in [2.24, 2.45) is 0 Å². The molecule has 0 saturated carbocycles. The highest BCUT2D eigenvalue weighted by molar-refractivity contribution is 5.28. The SMILES string of the molecule is COCc1cccc(Cn2c(C)cnc2N)c1. The highest BCUT2D eigenvalue weighted by Gasteiger charge is 2.04. The average Bonchev–Trinajstić information content (AvgIpc) is 2.62. The monoisotopic (exact) mass is 231 g/mol. The predicted octanol–water partition coefficient (Wildman–Crippen LogP) is 1.97. The second-order valence-electron chi connectivity index (χ2n) is 4.10. The molecular weight excluding hydrogens is 214 g/mol. The van der Waals surface area contributed by atoms with Gasteiger partial charge in [0.1, 0.15) is 0 Å². The average molecular weight is 231 g/mol. The Balaban J connectivity index is 2.21. The second kappa shape index (κ2) is 5.01. The number of nitrogens with two attached hydrogens (primary N) is 1. The van der Waals surface area contributed by atoms with E-state index >= 15 is 0 Å². The van der Waals surface area contributed by atoms with Crippen LogP contribution >= 0.6 is 0 Å². The fourth-order valence-electron chi connectivity index (χ4n) is 1.85. The van der Waals surface area contributed by atoms with Crippen molar-refractivity contribution in [3.8, 4) is 0 Å². The van der Waals surface area contributed by atoms with Gasteiger partial charge in [-0.3, -0.25) is 0 Å². The third-order valence-corrected chi connectivity index (χ3v) is 2.73. The van der Waals surface area contributed by atoms with Crippen LogP contribution in [0.25, 0.3) is 0 Å². The molecule has 4 heteroatoms. The summed E-state index contributed by atoms with van der Waals surface area (Å²) in [5.74, 6) is 0.555. The first-order valence-corrected chi connectivity index (χ1v) is 5.55. The van der Waals surface area contributed by atoms with Gasteiger partial charge < -0.3 is 15.0 Å². The fraction of sp³-hybridized carbons (Fsp3) is 0.308. The summed E-state index contributed by atoms with van der Waals surface area (Å²) in [5.41, 5.74) is 9.25. The predicted molar refractivity (Wildman–Crippen MR) is 67.6 cm³/mol. The maximum atomic E-state index is 5.81. The van der Waals surface area contributed by atoms with E-state index in [9.17, 15) is 0 Å². The Kier molecular flexibility index (Phi) is 3.44. The smallest absolute Gasteiger partial charge is 0.200 e. The number of aromatic nitrogens is 2. The van der Waals surface area contributed by atoms with Gasteiger partial charge in [0.15, 0.2) is 0 Å². The molecule has 0 fully saturated rings. The van der Waals surface area contributed by atoms with Crippen molar-refractivity contribution in [3.05, 3.63) is 47.3 Å². The van der Waals surface area contributed by atoms with E-state index in [0.29, 0.717) is 12.6 Å². The number of ether oxygens (including phenoxy) is 1. The molecule has 2 rings (SSSR count). The quantitative estimate of drug-likeness (QED) is 0.875. The Bertz CT molecular complexity index is 486. The molecule has 1 heterocycles. The lowest BCUT2D eigenvalue weighted by Crippen LogP contribution is -2.06. The molecule has 90 valence electrons. The summed E-state index contributed by atoms with van der Waals surface area (Å²) in [4.78, 5) is 4.09. The van der Waals surface area contributed by atoms with E-state index in [-0.39, 0.29) is 0 Å². The number of benzene rings is 1. The normalized spacial score (nSPS) is 10.7. The first-order valence-electron chi connectivity index (χ1n) is 5.55. The third kappa shape index (κ3) is 2.65. The zero-order valence-corrected chi connectivity index (χ0v) is 10.2. The van der Waals surface area contributed by atoms with Crippen LogP contribution in [0.4, 0.5) is 5.95 Å². The van der Waals surface area contributed by atoms with E-state index in [1.165, 1.54) is 11.1 Å². The topological polar surface area (TPSA) is 53.1 Å². The number of aryl methyl sites for hydroxylation is 1. The zero-order chi connectivity index (χ0) is 12.3. The first-order chi connectivity index (χ1) is 8.20. The first kappa shape index (κ1) is 11.7. The summed E-state index contributed by atoms with van der Waals surface area (Å²) in [6.45, 7) is 3.38. The molecule has 4 nitrogen and oxygen atoms in total. The van der Waals surface area contributed by atoms with Gasteiger partial charge in [-0.25, -0.2) is 4.98 Å². The molecule has 1 aromatic heterocycles. The van der Waals surface area contributed by atoms with Crippen molar-refractivity contribution in [1.82, 2.24) is 9.55 Å². The molecule has 0 amide bonds. The molecule has 2 aromatic rings. The number of hydrogen-bond acceptors (Lipinski definition) is 3. The van der Waals surface area contributed by atoms with Crippen molar-refractivity contribution in [1.29, 1.82) is 0 Å². The van der Waals surface area contributed by atoms with E-state index in [1.54, 1.807) is 13.3 Å². The third-order valence-electron chi connectivity index (χ3n) is 2.73. The van der Waals surface area contributed by atoms with Crippen LogP contribution in [-0.2, 0) is 17.9 Å². The number of hydrogen-bond donors (Lipinski definition) is 1. The largest absolute Gasteiger partial charge is 0.380 e. The van der Waals surface area contributed by atoms with Crippen LogP contribution in [0, 0.1) is 6.92 Å². The van der Waals surface area contributed by atoms with E-state index in [1.807, 2.05) is 17.6 Å². The van der Waals surface area contributed by atoms with Crippen LogP contribution < -0.4 is 5.73 Å². The van der Waals surface area contributed by atoms with Crippen LogP contribution in [0.2, 0.25) is 0 Å². The van der Waals surface area contributed by atoms with E-state index in [0.717, 1.165) is 12.2 Å². The van der Waals surface area contributed by atoms with Gasteiger partial charge in [0.2, 0.25) is 5.95 Å². The summed E-state index contributed by atoms with van der Waals surface area (Å²) < 4.78 is 7.11. The van der Waals surface area contributed by atoms with E-state index in [2.05, 4.69) is 23.2 Å². The fourth-order valence-corrected chi connectivity index (χ4v) is 1.85. The Morgan fingerprint density at radius 2 is 2.12 bits per heavy atom. The van der Waals surface area contributed by atoms with Crippen molar-refractivity contribution in [2.75, 3.05) is 12.8 Å². The minimum absolute atomic E-state index is 0.555. The highest BCUT2D eigenvalue weighted by atomic mass is 16.5. The Morgan fingerprint density at radius 1 is 1.35 bits per heavy atom. The molecule has 0 aliphatic rings. The van der Waals surface area contributed by atoms with Gasteiger partial charge in [-0.15, -0.1) is 0 Å². The van der Waals surface area contributed by atoms with Crippen molar-refractivity contribution in [3.63, 3.8) is 0 Å². The lowest BCUT2D eigenvalue weighted by molar-refractivity contribution is 0.185. The minimum atomic E-state index is 0.555. The molecule has 17 heavy (non-hydrogen) atoms. The van der Waals surface area contributed by atoms with Gasteiger partial charge in [0.25, 0.3) is 0 Å². The summed E-state index contributed by atoms with van der Waals surface area (Å²) in [5, 5.41) is 0. The summed E-state index contributed by atoms with van der Waals surface area (Å²) in [6, 6.07) is 8.30. The molecule has 0 saturated heterocycles. The second-order valence-corrected chi connectivity index (χ2v) is 4.10.